The van der Waals surface area contributed by atoms with Crippen LogP contribution >= 0.6 is 0 Å². The van der Waals surface area contributed by atoms with Crippen molar-refractivity contribution in [2.24, 2.45) is 0 Å². The van der Waals surface area contributed by atoms with Gasteiger partial charge >= 0.3 is 0 Å². The van der Waals surface area contributed by atoms with E-state index in [2.05, 4.69) is 27.0 Å². The predicted molar refractivity (Wildman–Crippen MR) is 73.0 cm³/mol. The van der Waals surface area contributed by atoms with E-state index in [1.54, 1.807) is 11.8 Å². The van der Waals surface area contributed by atoms with Crippen LogP contribution in [0.2, 0.25) is 0 Å². The summed E-state index contributed by atoms with van der Waals surface area (Å²) in [5.41, 5.74) is 0. The number of rotatable bonds is 4. The number of hydrogen-bond donors (Lipinski definition) is 1. The van der Waals surface area contributed by atoms with Crippen LogP contribution in [-0.4, -0.2) is 63.6 Å². The number of nitrogens with zero attached hydrogens (tertiary/aromatic N) is 4. The van der Waals surface area contributed by atoms with Gasteiger partial charge in [-0.3, -0.25) is 9.89 Å². The molecule has 0 atom stereocenters. The standard InChI is InChI=1S/C13H23N5O/c1-4-7-18-8-5-11(6-9-18)17(3)13(19)12-14-10(2)15-16-12/h11H,4-9H2,1-3H3,(H,14,15,16). The third kappa shape index (κ3) is 3.32. The van der Waals surface area contributed by atoms with Crippen LogP contribution in [0.25, 0.3) is 0 Å². The minimum absolute atomic E-state index is 0.0849. The van der Waals surface area contributed by atoms with E-state index < -0.39 is 0 Å². The number of carbonyl (C=O) groups is 1. The van der Waals surface area contributed by atoms with Crippen molar-refractivity contribution in [3.63, 3.8) is 0 Å². The molecule has 1 amide bonds. The van der Waals surface area contributed by atoms with Crippen LogP contribution in [0.1, 0.15) is 42.6 Å². The number of aromatic amines is 1. The lowest BCUT2D eigenvalue weighted by Gasteiger charge is -2.36. The molecule has 1 aromatic rings. The van der Waals surface area contributed by atoms with Crippen molar-refractivity contribution in [3.05, 3.63) is 11.6 Å². The third-order valence-electron chi connectivity index (χ3n) is 3.75. The maximum Gasteiger partial charge on any atom is 0.293 e. The van der Waals surface area contributed by atoms with Crippen LogP contribution in [0.15, 0.2) is 0 Å². The highest BCUT2D eigenvalue weighted by Crippen LogP contribution is 2.16. The first kappa shape index (κ1) is 14.0. The first-order chi connectivity index (χ1) is 9.11. The van der Waals surface area contributed by atoms with Crippen LogP contribution in [0.3, 0.4) is 0 Å². The molecular weight excluding hydrogens is 242 g/mol. The number of amides is 1. The molecule has 19 heavy (non-hydrogen) atoms. The Morgan fingerprint density at radius 3 is 2.68 bits per heavy atom. The molecule has 0 spiro atoms. The molecule has 1 aliphatic heterocycles. The highest BCUT2D eigenvalue weighted by atomic mass is 16.2. The lowest BCUT2D eigenvalue weighted by molar-refractivity contribution is 0.0631. The third-order valence-corrected chi connectivity index (χ3v) is 3.75. The van der Waals surface area contributed by atoms with Crippen molar-refractivity contribution in [1.29, 1.82) is 0 Å². The SMILES string of the molecule is CCCN1CCC(N(C)C(=O)c2n[nH]c(C)n2)CC1. The van der Waals surface area contributed by atoms with Gasteiger partial charge in [0.1, 0.15) is 5.82 Å². The highest BCUT2D eigenvalue weighted by molar-refractivity contribution is 5.90. The Morgan fingerprint density at radius 2 is 2.16 bits per heavy atom. The Morgan fingerprint density at radius 1 is 1.47 bits per heavy atom. The molecule has 1 N–H and O–H groups in total. The summed E-state index contributed by atoms with van der Waals surface area (Å²) in [6.45, 7) is 7.30. The second-order valence-corrected chi connectivity index (χ2v) is 5.23. The Balaban J connectivity index is 1.90. The van der Waals surface area contributed by atoms with Gasteiger partial charge in [0, 0.05) is 26.2 Å². The molecule has 0 radical (unpaired) electrons. The van der Waals surface area contributed by atoms with E-state index in [1.165, 1.54) is 6.42 Å². The van der Waals surface area contributed by atoms with Crippen LogP contribution in [0.4, 0.5) is 0 Å². The Labute approximate surface area is 114 Å². The molecule has 2 heterocycles. The van der Waals surface area contributed by atoms with Gasteiger partial charge in [0.2, 0.25) is 5.82 Å². The summed E-state index contributed by atoms with van der Waals surface area (Å²) in [5.74, 6) is 0.865. The lowest BCUT2D eigenvalue weighted by atomic mass is 10.0. The first-order valence-electron chi connectivity index (χ1n) is 7.00. The van der Waals surface area contributed by atoms with Gasteiger partial charge in [-0.15, -0.1) is 5.10 Å². The molecule has 1 saturated heterocycles. The van der Waals surface area contributed by atoms with E-state index in [1.807, 2.05) is 7.05 Å². The van der Waals surface area contributed by atoms with Gasteiger partial charge in [-0.2, -0.15) is 0 Å². The molecule has 1 fully saturated rings. The average molecular weight is 265 g/mol. The minimum Gasteiger partial charge on any atom is -0.336 e. The minimum atomic E-state index is -0.0849. The zero-order chi connectivity index (χ0) is 13.8. The zero-order valence-electron chi connectivity index (χ0n) is 12.0. The van der Waals surface area contributed by atoms with Crippen LogP contribution in [0, 0.1) is 6.92 Å². The molecule has 0 unspecified atom stereocenters. The average Bonchev–Trinajstić information content (AvgIpc) is 2.85. The molecule has 0 aliphatic carbocycles. The van der Waals surface area contributed by atoms with Gasteiger partial charge in [-0.05, 0) is 32.7 Å². The first-order valence-corrected chi connectivity index (χ1v) is 7.00. The number of piperidine rings is 1. The quantitative estimate of drug-likeness (QED) is 0.884. The number of aryl methyl sites for hydroxylation is 1. The van der Waals surface area contributed by atoms with Crippen LogP contribution in [0.5, 0.6) is 0 Å². The van der Waals surface area contributed by atoms with E-state index in [0.717, 1.165) is 32.5 Å². The number of nitrogens with one attached hydrogen (secondary N) is 1. The second-order valence-electron chi connectivity index (χ2n) is 5.23. The van der Waals surface area contributed by atoms with Gasteiger partial charge in [-0.1, -0.05) is 6.92 Å². The fourth-order valence-electron chi connectivity index (χ4n) is 2.61. The highest BCUT2D eigenvalue weighted by Gasteiger charge is 2.27. The Bertz CT molecular complexity index is 422. The molecule has 2 rings (SSSR count). The molecule has 6 nitrogen and oxygen atoms in total. The van der Waals surface area contributed by atoms with E-state index in [-0.39, 0.29) is 11.7 Å². The number of H-pyrrole nitrogens is 1. The van der Waals surface area contributed by atoms with Gasteiger partial charge in [-0.25, -0.2) is 4.98 Å². The Kier molecular flexibility index (Phi) is 4.52. The zero-order valence-corrected chi connectivity index (χ0v) is 12.0. The summed E-state index contributed by atoms with van der Waals surface area (Å²) in [7, 11) is 1.86. The van der Waals surface area contributed by atoms with E-state index in [4.69, 9.17) is 0 Å². The van der Waals surface area contributed by atoms with Gasteiger partial charge in [0.15, 0.2) is 0 Å². The molecule has 1 aromatic heterocycles. The van der Waals surface area contributed by atoms with E-state index in [9.17, 15) is 4.79 Å². The number of carbonyl (C=O) groups excluding carboxylic acids is 1. The normalized spacial score (nSPS) is 17.6. The maximum absolute atomic E-state index is 12.2. The van der Waals surface area contributed by atoms with Crippen LogP contribution in [-0.2, 0) is 0 Å². The fraction of sp³-hybridized carbons (Fsp3) is 0.769. The van der Waals surface area contributed by atoms with Crippen molar-refractivity contribution in [2.75, 3.05) is 26.7 Å². The van der Waals surface area contributed by atoms with Crippen molar-refractivity contribution in [1.82, 2.24) is 25.0 Å². The number of likely N-dealkylation sites (tertiary alicyclic amines) is 1. The molecular formula is C13H23N5O. The van der Waals surface area contributed by atoms with Gasteiger partial charge in [0.05, 0.1) is 0 Å². The summed E-state index contributed by atoms with van der Waals surface area (Å²) in [4.78, 5) is 20.6. The maximum atomic E-state index is 12.2. The molecule has 1 aliphatic rings. The molecule has 6 heteroatoms. The summed E-state index contributed by atoms with van der Waals surface area (Å²) in [6.07, 6.45) is 3.26. The molecule has 0 saturated carbocycles. The van der Waals surface area contributed by atoms with E-state index in [0.29, 0.717) is 11.9 Å². The Hall–Kier alpha value is -1.43. The lowest BCUT2D eigenvalue weighted by Crippen LogP contribution is -2.46. The molecule has 0 aromatic carbocycles. The largest absolute Gasteiger partial charge is 0.336 e. The predicted octanol–water partition coefficient (Wildman–Crippen LogP) is 1.06. The number of hydrogen-bond acceptors (Lipinski definition) is 4. The van der Waals surface area contributed by atoms with Crippen molar-refractivity contribution in [3.8, 4) is 0 Å². The molecule has 0 bridgehead atoms. The summed E-state index contributed by atoms with van der Waals surface area (Å²) < 4.78 is 0. The van der Waals surface area contributed by atoms with Crippen LogP contribution < -0.4 is 0 Å². The van der Waals surface area contributed by atoms with Gasteiger partial charge in [0.25, 0.3) is 5.91 Å². The fourth-order valence-corrected chi connectivity index (χ4v) is 2.61. The summed E-state index contributed by atoms with van der Waals surface area (Å²) in [5, 5.41) is 6.65. The second kappa shape index (κ2) is 6.14. The van der Waals surface area contributed by atoms with Gasteiger partial charge < -0.3 is 9.80 Å². The number of aromatic nitrogens is 3. The van der Waals surface area contributed by atoms with Crippen molar-refractivity contribution >= 4 is 5.91 Å². The van der Waals surface area contributed by atoms with Crippen molar-refractivity contribution in [2.45, 2.75) is 39.2 Å². The van der Waals surface area contributed by atoms with E-state index >= 15 is 0 Å². The summed E-state index contributed by atoms with van der Waals surface area (Å²) >= 11 is 0. The van der Waals surface area contributed by atoms with Crippen molar-refractivity contribution < 1.29 is 4.79 Å². The topological polar surface area (TPSA) is 65.1 Å². The smallest absolute Gasteiger partial charge is 0.293 e. The monoisotopic (exact) mass is 265 g/mol. The molecule has 106 valence electrons. The summed E-state index contributed by atoms with van der Waals surface area (Å²) in [6, 6.07) is 0.305.